The number of carbonyl (C=O) groups excluding carboxylic acids is 1. The molecule has 0 aromatic heterocycles. The first-order valence-electron chi connectivity index (χ1n) is 6.32. The van der Waals surface area contributed by atoms with Crippen LogP contribution in [0.1, 0.15) is 15.9 Å². The van der Waals surface area contributed by atoms with Gasteiger partial charge in [-0.25, -0.2) is 18.4 Å². The first kappa shape index (κ1) is 16.2. The summed E-state index contributed by atoms with van der Waals surface area (Å²) in [6.07, 6.45) is -1.09. The molecular formula is C15H11F2NO5. The van der Waals surface area contributed by atoms with Crippen molar-refractivity contribution in [1.29, 1.82) is 0 Å². The number of halogens is 2. The summed E-state index contributed by atoms with van der Waals surface area (Å²) >= 11 is 0. The third kappa shape index (κ3) is 3.73. The van der Waals surface area contributed by atoms with Crippen LogP contribution in [0.3, 0.4) is 0 Å². The number of ether oxygens (including phenoxy) is 1. The second kappa shape index (κ2) is 6.73. The molecule has 8 heteroatoms. The van der Waals surface area contributed by atoms with E-state index in [1.165, 1.54) is 0 Å². The van der Waals surface area contributed by atoms with Crippen LogP contribution in [0, 0.1) is 11.6 Å². The van der Waals surface area contributed by atoms with Gasteiger partial charge in [0.25, 0.3) is 0 Å². The highest BCUT2D eigenvalue weighted by atomic mass is 19.1. The molecule has 0 aliphatic heterocycles. The number of carbonyl (C=O) groups is 2. The Balaban J connectivity index is 2.13. The topological polar surface area (TPSA) is 95.9 Å². The van der Waals surface area contributed by atoms with Crippen molar-refractivity contribution in [1.82, 2.24) is 0 Å². The van der Waals surface area contributed by atoms with E-state index in [1.807, 2.05) is 5.32 Å². The predicted molar refractivity (Wildman–Crippen MR) is 75.2 cm³/mol. The maximum atomic E-state index is 13.7. The van der Waals surface area contributed by atoms with Crippen LogP contribution in [0.4, 0.5) is 19.3 Å². The van der Waals surface area contributed by atoms with Crippen LogP contribution in [-0.2, 0) is 11.3 Å². The molecular weight excluding hydrogens is 312 g/mol. The number of carboxylic acid groups (broad SMARTS) is 1. The third-order valence-corrected chi connectivity index (χ3v) is 2.86. The average molecular weight is 323 g/mol. The molecule has 0 aliphatic carbocycles. The zero-order valence-corrected chi connectivity index (χ0v) is 11.5. The van der Waals surface area contributed by atoms with E-state index in [-0.39, 0.29) is 6.61 Å². The van der Waals surface area contributed by atoms with Crippen LogP contribution >= 0.6 is 0 Å². The van der Waals surface area contributed by atoms with E-state index in [0.29, 0.717) is 11.6 Å². The van der Waals surface area contributed by atoms with Gasteiger partial charge in [0, 0.05) is 0 Å². The normalized spacial score (nSPS) is 10.2. The molecule has 1 amide bonds. The van der Waals surface area contributed by atoms with E-state index in [2.05, 4.69) is 0 Å². The highest BCUT2D eigenvalue weighted by Gasteiger charge is 2.23. The number of amides is 1. The minimum atomic E-state index is -1.72. The third-order valence-electron chi connectivity index (χ3n) is 2.86. The summed E-state index contributed by atoms with van der Waals surface area (Å²) in [5.74, 6) is -6.34. The molecule has 0 heterocycles. The number of aromatic hydroxyl groups is 1. The van der Waals surface area contributed by atoms with Crippen molar-refractivity contribution in [2.75, 3.05) is 5.32 Å². The standard InChI is InChI=1S/C15H11F2NO5/c16-11-9(14(20)21)6-10(12(17)13(11)19)18-15(22)23-7-8-4-2-1-3-5-8/h1-6,19H,7H2,(H,18,22)(H,20,21). The van der Waals surface area contributed by atoms with Gasteiger partial charge in [-0.05, 0) is 11.6 Å². The van der Waals surface area contributed by atoms with E-state index < -0.39 is 40.7 Å². The minimum absolute atomic E-state index is 0.104. The van der Waals surface area contributed by atoms with Crippen molar-refractivity contribution in [3.8, 4) is 5.75 Å². The molecule has 6 nitrogen and oxygen atoms in total. The Morgan fingerprint density at radius 3 is 2.39 bits per heavy atom. The highest BCUT2D eigenvalue weighted by molar-refractivity contribution is 5.92. The lowest BCUT2D eigenvalue weighted by molar-refractivity contribution is 0.0690. The number of hydrogen-bond donors (Lipinski definition) is 3. The molecule has 2 aromatic carbocycles. The van der Waals surface area contributed by atoms with E-state index in [1.54, 1.807) is 30.3 Å². The van der Waals surface area contributed by atoms with Gasteiger partial charge in [0.15, 0.2) is 17.4 Å². The van der Waals surface area contributed by atoms with Crippen molar-refractivity contribution in [3.63, 3.8) is 0 Å². The van der Waals surface area contributed by atoms with Gasteiger partial charge in [0.2, 0.25) is 0 Å². The van der Waals surface area contributed by atoms with Crippen molar-refractivity contribution in [2.45, 2.75) is 6.61 Å². The number of aromatic carboxylic acids is 1. The summed E-state index contributed by atoms with van der Waals surface area (Å²) in [6, 6.07) is 9.17. The number of rotatable bonds is 4. The summed E-state index contributed by atoms with van der Waals surface area (Å²) in [5.41, 5.74) is -1.02. The van der Waals surface area contributed by atoms with Gasteiger partial charge in [0.1, 0.15) is 12.2 Å². The Hall–Kier alpha value is -3.16. The molecule has 3 N–H and O–H groups in total. The van der Waals surface area contributed by atoms with Crippen molar-refractivity contribution < 1.29 is 33.3 Å². The van der Waals surface area contributed by atoms with E-state index in [9.17, 15) is 23.5 Å². The van der Waals surface area contributed by atoms with Crippen molar-refractivity contribution in [3.05, 3.63) is 59.2 Å². The van der Waals surface area contributed by atoms with Crippen LogP contribution in [0.25, 0.3) is 0 Å². The number of anilines is 1. The molecule has 23 heavy (non-hydrogen) atoms. The Morgan fingerprint density at radius 2 is 1.78 bits per heavy atom. The summed E-state index contributed by atoms with van der Waals surface area (Å²) in [7, 11) is 0. The summed E-state index contributed by atoms with van der Waals surface area (Å²) < 4.78 is 31.9. The fourth-order valence-electron chi connectivity index (χ4n) is 1.74. The molecule has 0 spiro atoms. The highest BCUT2D eigenvalue weighted by Crippen LogP contribution is 2.30. The van der Waals surface area contributed by atoms with E-state index in [4.69, 9.17) is 9.84 Å². The van der Waals surface area contributed by atoms with Crippen LogP contribution < -0.4 is 5.32 Å². The van der Waals surface area contributed by atoms with E-state index in [0.717, 1.165) is 0 Å². The lowest BCUT2D eigenvalue weighted by Gasteiger charge is -2.10. The summed E-state index contributed by atoms with van der Waals surface area (Å²) in [6.45, 7) is -0.104. The molecule has 0 saturated carbocycles. The molecule has 0 bridgehead atoms. The predicted octanol–water partition coefficient (Wildman–Crippen LogP) is 3.12. The molecule has 0 radical (unpaired) electrons. The number of carboxylic acids is 1. The monoisotopic (exact) mass is 323 g/mol. The zero-order valence-electron chi connectivity index (χ0n) is 11.5. The largest absolute Gasteiger partial charge is 0.503 e. The molecule has 120 valence electrons. The van der Waals surface area contributed by atoms with Gasteiger partial charge in [-0.1, -0.05) is 30.3 Å². The van der Waals surface area contributed by atoms with Crippen LogP contribution in [0.15, 0.2) is 36.4 Å². The van der Waals surface area contributed by atoms with Crippen LogP contribution in [0.2, 0.25) is 0 Å². The van der Waals surface area contributed by atoms with Crippen molar-refractivity contribution >= 4 is 17.7 Å². The Bertz CT molecular complexity index is 749. The summed E-state index contributed by atoms with van der Waals surface area (Å²) in [4.78, 5) is 22.4. The Morgan fingerprint density at radius 1 is 1.13 bits per heavy atom. The van der Waals surface area contributed by atoms with Gasteiger partial charge in [-0.2, -0.15) is 0 Å². The molecule has 0 saturated heterocycles. The Labute approximate surface area is 128 Å². The molecule has 0 aliphatic rings. The SMILES string of the molecule is O=C(Nc1cc(C(=O)O)c(F)c(O)c1F)OCc1ccccc1. The number of hydrogen-bond acceptors (Lipinski definition) is 4. The zero-order chi connectivity index (χ0) is 17.0. The van der Waals surface area contributed by atoms with Crippen LogP contribution in [0.5, 0.6) is 5.75 Å². The molecule has 0 atom stereocenters. The smallest absolute Gasteiger partial charge is 0.412 e. The second-order valence-corrected chi connectivity index (χ2v) is 4.44. The number of phenolic OH excluding ortho intramolecular Hbond substituents is 1. The van der Waals surface area contributed by atoms with Gasteiger partial charge in [-0.3, -0.25) is 5.32 Å². The second-order valence-electron chi connectivity index (χ2n) is 4.44. The molecule has 2 rings (SSSR count). The quantitative estimate of drug-likeness (QED) is 0.803. The molecule has 0 fully saturated rings. The van der Waals surface area contributed by atoms with Crippen LogP contribution in [-0.4, -0.2) is 22.3 Å². The van der Waals surface area contributed by atoms with Gasteiger partial charge >= 0.3 is 12.1 Å². The van der Waals surface area contributed by atoms with Gasteiger partial charge < -0.3 is 14.9 Å². The first-order valence-corrected chi connectivity index (χ1v) is 6.32. The maximum Gasteiger partial charge on any atom is 0.412 e. The maximum absolute atomic E-state index is 13.7. The fourth-order valence-corrected chi connectivity index (χ4v) is 1.74. The average Bonchev–Trinajstić information content (AvgIpc) is 2.54. The van der Waals surface area contributed by atoms with Gasteiger partial charge in [-0.15, -0.1) is 0 Å². The first-order chi connectivity index (χ1) is 10.9. The summed E-state index contributed by atoms with van der Waals surface area (Å²) in [5, 5.41) is 19.9. The number of phenols is 1. The molecule has 0 unspecified atom stereocenters. The molecule has 2 aromatic rings. The number of nitrogens with one attached hydrogen (secondary N) is 1. The lowest BCUT2D eigenvalue weighted by Crippen LogP contribution is -2.16. The van der Waals surface area contributed by atoms with Gasteiger partial charge in [0.05, 0.1) is 5.69 Å². The lowest BCUT2D eigenvalue weighted by atomic mass is 10.1. The van der Waals surface area contributed by atoms with E-state index >= 15 is 0 Å². The fraction of sp³-hybridized carbons (Fsp3) is 0.0667. The van der Waals surface area contributed by atoms with Crippen molar-refractivity contribution in [2.24, 2.45) is 0 Å². The Kier molecular flexibility index (Phi) is 4.75. The number of benzene rings is 2. The minimum Gasteiger partial charge on any atom is -0.503 e.